The highest BCUT2D eigenvalue weighted by molar-refractivity contribution is 5.85. The van der Waals surface area contributed by atoms with Gasteiger partial charge in [0.15, 0.2) is 0 Å². The van der Waals surface area contributed by atoms with Gasteiger partial charge in [-0.05, 0) is 50.1 Å². The summed E-state index contributed by atoms with van der Waals surface area (Å²) in [6.45, 7) is 3.95. The molecule has 2 aromatic rings. The molecule has 5 nitrogen and oxygen atoms in total. The summed E-state index contributed by atoms with van der Waals surface area (Å²) < 4.78 is 5.54. The van der Waals surface area contributed by atoms with E-state index in [4.69, 9.17) is 4.74 Å². The predicted molar refractivity (Wildman–Crippen MR) is 105 cm³/mol. The Morgan fingerprint density at radius 2 is 1.65 bits per heavy atom. The zero-order valence-corrected chi connectivity index (χ0v) is 15.9. The van der Waals surface area contributed by atoms with Crippen LogP contribution in [0.25, 0.3) is 0 Å². The van der Waals surface area contributed by atoms with Crippen LogP contribution in [-0.4, -0.2) is 46.2 Å². The number of hydrogen-bond donors (Lipinski definition) is 4. The second-order valence-corrected chi connectivity index (χ2v) is 6.76. The van der Waals surface area contributed by atoms with Crippen LogP contribution in [0.2, 0.25) is 0 Å². The molecule has 0 aliphatic rings. The van der Waals surface area contributed by atoms with E-state index in [0.717, 1.165) is 5.56 Å². The Bertz CT molecular complexity index is 629. The minimum Gasteiger partial charge on any atom is -0.508 e. The van der Waals surface area contributed by atoms with Crippen molar-refractivity contribution in [2.24, 2.45) is 0 Å². The average molecular weight is 382 g/mol. The van der Waals surface area contributed by atoms with E-state index in [1.165, 1.54) is 0 Å². The van der Waals surface area contributed by atoms with Gasteiger partial charge in [-0.1, -0.05) is 30.3 Å². The quantitative estimate of drug-likeness (QED) is 0.536. The molecule has 0 saturated heterocycles. The number of benzene rings is 2. The van der Waals surface area contributed by atoms with E-state index < -0.39 is 11.7 Å². The van der Waals surface area contributed by atoms with Gasteiger partial charge in [0.2, 0.25) is 0 Å². The minimum atomic E-state index is -0.960. The normalized spacial score (nSPS) is 13.5. The minimum absolute atomic E-state index is 0. The van der Waals surface area contributed by atoms with E-state index in [1.807, 2.05) is 42.5 Å². The van der Waals surface area contributed by atoms with Crippen LogP contribution in [0.5, 0.6) is 11.5 Å². The molecule has 0 aliphatic heterocycles. The van der Waals surface area contributed by atoms with Crippen molar-refractivity contribution in [1.82, 2.24) is 5.32 Å². The Hall–Kier alpha value is -1.79. The molecule has 0 saturated carbocycles. The molecular weight excluding hydrogens is 354 g/mol. The molecule has 0 fully saturated rings. The average Bonchev–Trinajstić information content (AvgIpc) is 2.58. The van der Waals surface area contributed by atoms with Crippen molar-refractivity contribution in [3.8, 4) is 11.5 Å². The molecule has 0 aliphatic carbocycles. The Kier molecular flexibility index (Phi) is 8.88. The maximum Gasteiger partial charge on any atom is 0.119 e. The highest BCUT2D eigenvalue weighted by Gasteiger charge is 2.27. The number of phenolic OH excluding ortho intramolecular Hbond substituents is 1. The zero-order chi connectivity index (χ0) is 18.3. The second kappa shape index (κ2) is 10.4. The molecule has 0 aromatic heterocycles. The van der Waals surface area contributed by atoms with Crippen molar-refractivity contribution < 1.29 is 20.1 Å². The second-order valence-electron chi connectivity index (χ2n) is 6.76. The van der Waals surface area contributed by atoms with Crippen LogP contribution in [-0.2, 0) is 6.42 Å². The number of hydrogen-bond acceptors (Lipinski definition) is 5. The zero-order valence-electron chi connectivity index (χ0n) is 15.1. The first-order chi connectivity index (χ1) is 11.8. The molecule has 0 spiro atoms. The first-order valence-electron chi connectivity index (χ1n) is 8.44. The lowest BCUT2D eigenvalue weighted by Crippen LogP contribution is -2.50. The predicted octanol–water partition coefficient (Wildman–Crippen LogP) is 2.53. The van der Waals surface area contributed by atoms with E-state index in [9.17, 15) is 15.3 Å². The largest absolute Gasteiger partial charge is 0.508 e. The number of halogens is 1. The summed E-state index contributed by atoms with van der Waals surface area (Å²) in [4.78, 5) is 0. The summed E-state index contributed by atoms with van der Waals surface area (Å²) in [5.41, 5.74) is 0.0326. The molecule has 26 heavy (non-hydrogen) atoms. The van der Waals surface area contributed by atoms with E-state index in [1.54, 1.807) is 26.0 Å². The Morgan fingerprint density at radius 1 is 1.04 bits per heavy atom. The first kappa shape index (κ1) is 22.3. The molecule has 0 unspecified atom stereocenters. The third kappa shape index (κ3) is 7.62. The molecule has 0 radical (unpaired) electrons. The standard InChI is InChI=1S/C20H27NO4.ClH/c1-20(2,24)19(12-15-8-10-16(22)11-9-15)21-13-17(23)14-25-18-6-4-3-5-7-18;/h3-11,17,19,21-24H,12-14H2,1-2H3;1H/t17-,19-;/m0./s1. The fraction of sp³-hybridized carbons (Fsp3) is 0.400. The maximum atomic E-state index is 10.4. The highest BCUT2D eigenvalue weighted by atomic mass is 35.5. The topological polar surface area (TPSA) is 82.0 Å². The molecule has 4 N–H and O–H groups in total. The number of ether oxygens (including phenoxy) is 1. The lowest BCUT2D eigenvalue weighted by Gasteiger charge is -2.31. The van der Waals surface area contributed by atoms with Gasteiger partial charge >= 0.3 is 0 Å². The molecule has 6 heteroatoms. The molecule has 2 aromatic carbocycles. The van der Waals surface area contributed by atoms with Crippen molar-refractivity contribution in [1.29, 1.82) is 0 Å². The number of phenols is 1. The number of rotatable bonds is 9. The van der Waals surface area contributed by atoms with Gasteiger partial charge < -0.3 is 25.4 Å². The molecule has 2 atom stereocenters. The smallest absolute Gasteiger partial charge is 0.119 e. The van der Waals surface area contributed by atoms with Crippen molar-refractivity contribution in [3.05, 3.63) is 60.2 Å². The lowest BCUT2D eigenvalue weighted by atomic mass is 9.92. The molecule has 144 valence electrons. The maximum absolute atomic E-state index is 10.4. The third-order valence-electron chi connectivity index (χ3n) is 4.01. The highest BCUT2D eigenvalue weighted by Crippen LogP contribution is 2.17. The first-order valence-corrected chi connectivity index (χ1v) is 8.44. The van der Waals surface area contributed by atoms with Crippen LogP contribution in [0.15, 0.2) is 54.6 Å². The number of para-hydroxylation sites is 1. The van der Waals surface area contributed by atoms with Gasteiger partial charge in [0, 0.05) is 12.6 Å². The van der Waals surface area contributed by atoms with Gasteiger partial charge in [0.05, 0.1) is 5.60 Å². The third-order valence-corrected chi connectivity index (χ3v) is 4.01. The van der Waals surface area contributed by atoms with Crippen LogP contribution >= 0.6 is 12.4 Å². The van der Waals surface area contributed by atoms with E-state index in [0.29, 0.717) is 18.7 Å². The lowest BCUT2D eigenvalue weighted by molar-refractivity contribution is 0.0281. The van der Waals surface area contributed by atoms with E-state index in [-0.39, 0.29) is 30.8 Å². The SMILES string of the molecule is CC(C)(O)[C@H](Cc1ccc(O)cc1)NC[C@H](O)COc1ccccc1.Cl. The number of aliphatic hydroxyl groups excluding tert-OH is 1. The number of aliphatic hydroxyl groups is 2. The van der Waals surface area contributed by atoms with Crippen molar-refractivity contribution in [3.63, 3.8) is 0 Å². The van der Waals surface area contributed by atoms with Crippen molar-refractivity contribution in [2.75, 3.05) is 13.2 Å². The summed E-state index contributed by atoms with van der Waals surface area (Å²) in [5.74, 6) is 0.926. The van der Waals surface area contributed by atoms with Crippen LogP contribution in [0, 0.1) is 0 Å². The molecule has 2 rings (SSSR count). The van der Waals surface area contributed by atoms with E-state index >= 15 is 0 Å². The van der Waals surface area contributed by atoms with Gasteiger partial charge in [0.1, 0.15) is 24.2 Å². The van der Waals surface area contributed by atoms with Crippen LogP contribution in [0.1, 0.15) is 19.4 Å². The Balaban J connectivity index is 0.00000338. The van der Waals surface area contributed by atoms with Gasteiger partial charge in [-0.3, -0.25) is 0 Å². The van der Waals surface area contributed by atoms with Crippen LogP contribution in [0.3, 0.4) is 0 Å². The molecule has 0 amide bonds. The van der Waals surface area contributed by atoms with Crippen LogP contribution < -0.4 is 10.1 Å². The summed E-state index contributed by atoms with van der Waals surface area (Å²) >= 11 is 0. The van der Waals surface area contributed by atoms with Crippen molar-refractivity contribution >= 4 is 12.4 Å². The summed E-state index contributed by atoms with van der Waals surface area (Å²) in [6, 6.07) is 16.0. The van der Waals surface area contributed by atoms with Crippen LogP contribution in [0.4, 0.5) is 0 Å². The van der Waals surface area contributed by atoms with Crippen molar-refractivity contribution in [2.45, 2.75) is 38.0 Å². The molecular formula is C20H28ClNO4. The molecule has 0 heterocycles. The van der Waals surface area contributed by atoms with Gasteiger partial charge in [-0.2, -0.15) is 0 Å². The van der Waals surface area contributed by atoms with Gasteiger partial charge in [0.25, 0.3) is 0 Å². The fourth-order valence-electron chi connectivity index (χ4n) is 2.49. The summed E-state index contributed by atoms with van der Waals surface area (Å²) in [5, 5.41) is 33.1. The monoisotopic (exact) mass is 381 g/mol. The van der Waals surface area contributed by atoms with Gasteiger partial charge in [-0.25, -0.2) is 0 Å². The fourth-order valence-corrected chi connectivity index (χ4v) is 2.49. The molecule has 0 bridgehead atoms. The van der Waals surface area contributed by atoms with Gasteiger partial charge in [-0.15, -0.1) is 12.4 Å². The summed E-state index contributed by atoms with van der Waals surface area (Å²) in [7, 11) is 0. The number of aromatic hydroxyl groups is 1. The number of nitrogens with one attached hydrogen (secondary N) is 1. The summed E-state index contributed by atoms with van der Waals surface area (Å²) in [6.07, 6.45) is -0.111. The Morgan fingerprint density at radius 3 is 2.23 bits per heavy atom. The van der Waals surface area contributed by atoms with E-state index in [2.05, 4.69) is 5.32 Å². The Labute approximate surface area is 161 Å².